The van der Waals surface area contributed by atoms with Gasteiger partial charge in [-0.1, -0.05) is 12.1 Å². The van der Waals surface area contributed by atoms with Gasteiger partial charge in [0, 0.05) is 25.7 Å². The number of nitrogens with zero attached hydrogens (tertiary/aromatic N) is 2. The Balaban J connectivity index is 1.47. The molecule has 1 amide bonds. The van der Waals surface area contributed by atoms with E-state index in [1.165, 1.54) is 12.1 Å². The molecule has 2 aromatic rings. The van der Waals surface area contributed by atoms with Crippen LogP contribution in [0.1, 0.15) is 24.0 Å². The van der Waals surface area contributed by atoms with Gasteiger partial charge in [0.25, 0.3) is 0 Å². The Kier molecular flexibility index (Phi) is 6.17. The maximum Gasteiger partial charge on any atom is 0.223 e. The second-order valence-corrected chi connectivity index (χ2v) is 6.59. The fourth-order valence-corrected chi connectivity index (χ4v) is 3.20. The first-order valence-electron chi connectivity index (χ1n) is 8.94. The minimum Gasteiger partial charge on any atom is -0.384 e. The first kappa shape index (κ1) is 18.3. The molecule has 1 aromatic heterocycles. The Bertz CT molecular complexity index is 753. The summed E-state index contributed by atoms with van der Waals surface area (Å²) in [5, 5.41) is 0. The number of carbonyl (C=O) groups is 1. The number of hydrogen-bond donors (Lipinski definition) is 1. The predicted octanol–water partition coefficient (Wildman–Crippen LogP) is 2.60. The standard InChI is InChI=1S/C20H24FN3O2/c21-17-3-1-2-15(12-17)5-7-20(25)24-10-11-26-18(14-24)6-4-16-8-9-23-19(22)13-16/h1-3,8-9,12-13,18H,4-7,10-11,14H2,(H2,22,23). The highest BCUT2D eigenvalue weighted by atomic mass is 19.1. The Morgan fingerprint density at radius 2 is 2.12 bits per heavy atom. The van der Waals surface area contributed by atoms with Crippen molar-refractivity contribution in [1.29, 1.82) is 0 Å². The number of aromatic nitrogens is 1. The lowest BCUT2D eigenvalue weighted by Crippen LogP contribution is -2.45. The van der Waals surface area contributed by atoms with Crippen molar-refractivity contribution < 1.29 is 13.9 Å². The van der Waals surface area contributed by atoms with E-state index in [2.05, 4.69) is 4.98 Å². The number of amides is 1. The van der Waals surface area contributed by atoms with Crippen LogP contribution in [0.2, 0.25) is 0 Å². The summed E-state index contributed by atoms with van der Waals surface area (Å²) in [5.41, 5.74) is 7.67. The van der Waals surface area contributed by atoms with Crippen LogP contribution in [-0.2, 0) is 22.4 Å². The summed E-state index contributed by atoms with van der Waals surface area (Å²) in [6, 6.07) is 10.2. The molecule has 1 saturated heterocycles. The van der Waals surface area contributed by atoms with E-state index >= 15 is 0 Å². The average Bonchev–Trinajstić information content (AvgIpc) is 2.65. The zero-order valence-corrected chi connectivity index (χ0v) is 14.7. The Morgan fingerprint density at radius 3 is 2.92 bits per heavy atom. The van der Waals surface area contributed by atoms with Gasteiger partial charge in [-0.15, -0.1) is 0 Å². The molecule has 1 aliphatic rings. The van der Waals surface area contributed by atoms with Gasteiger partial charge >= 0.3 is 0 Å². The summed E-state index contributed by atoms with van der Waals surface area (Å²) >= 11 is 0. The van der Waals surface area contributed by atoms with E-state index in [1.807, 2.05) is 23.1 Å². The van der Waals surface area contributed by atoms with Crippen molar-refractivity contribution >= 4 is 11.7 Å². The van der Waals surface area contributed by atoms with Gasteiger partial charge in [0.05, 0.1) is 12.7 Å². The van der Waals surface area contributed by atoms with Crippen LogP contribution in [0.15, 0.2) is 42.6 Å². The third-order valence-corrected chi connectivity index (χ3v) is 4.61. The molecule has 0 spiro atoms. The summed E-state index contributed by atoms with van der Waals surface area (Å²) in [4.78, 5) is 18.3. The number of pyridine rings is 1. The summed E-state index contributed by atoms with van der Waals surface area (Å²) in [7, 11) is 0. The van der Waals surface area contributed by atoms with Crippen LogP contribution in [0.4, 0.5) is 10.2 Å². The second kappa shape index (κ2) is 8.76. The molecule has 2 heterocycles. The summed E-state index contributed by atoms with van der Waals surface area (Å²) < 4.78 is 19.0. The molecule has 2 N–H and O–H groups in total. The molecule has 1 unspecified atom stereocenters. The zero-order valence-electron chi connectivity index (χ0n) is 14.7. The number of morpholine rings is 1. The Hall–Kier alpha value is -2.47. The molecule has 0 radical (unpaired) electrons. The Labute approximate surface area is 153 Å². The van der Waals surface area contributed by atoms with Crippen molar-refractivity contribution in [3.63, 3.8) is 0 Å². The van der Waals surface area contributed by atoms with Crippen molar-refractivity contribution in [3.05, 3.63) is 59.5 Å². The molecule has 0 aliphatic carbocycles. The zero-order chi connectivity index (χ0) is 18.4. The van der Waals surface area contributed by atoms with Crippen LogP contribution < -0.4 is 5.73 Å². The van der Waals surface area contributed by atoms with E-state index in [0.29, 0.717) is 38.4 Å². The van der Waals surface area contributed by atoms with E-state index < -0.39 is 0 Å². The molecule has 6 heteroatoms. The topological polar surface area (TPSA) is 68.5 Å². The number of nitrogen functional groups attached to an aromatic ring is 1. The molecule has 1 aromatic carbocycles. The molecule has 1 aliphatic heterocycles. The molecular formula is C20H24FN3O2. The minimum atomic E-state index is -0.266. The first-order chi connectivity index (χ1) is 12.6. The van der Waals surface area contributed by atoms with E-state index in [1.54, 1.807) is 12.3 Å². The average molecular weight is 357 g/mol. The first-order valence-corrected chi connectivity index (χ1v) is 8.94. The Morgan fingerprint density at radius 1 is 1.27 bits per heavy atom. The van der Waals surface area contributed by atoms with Gasteiger partial charge in [-0.2, -0.15) is 0 Å². The van der Waals surface area contributed by atoms with Gasteiger partial charge in [0.15, 0.2) is 0 Å². The fraction of sp³-hybridized carbons (Fsp3) is 0.400. The minimum absolute atomic E-state index is 0.0243. The van der Waals surface area contributed by atoms with Gasteiger partial charge in [-0.25, -0.2) is 9.37 Å². The highest BCUT2D eigenvalue weighted by Crippen LogP contribution is 2.15. The molecule has 1 fully saturated rings. The number of hydrogen-bond acceptors (Lipinski definition) is 4. The third-order valence-electron chi connectivity index (χ3n) is 4.61. The van der Waals surface area contributed by atoms with Gasteiger partial charge < -0.3 is 15.4 Å². The van der Waals surface area contributed by atoms with Gasteiger partial charge in [-0.3, -0.25) is 4.79 Å². The second-order valence-electron chi connectivity index (χ2n) is 6.59. The summed E-state index contributed by atoms with van der Waals surface area (Å²) in [6.45, 7) is 1.76. The molecular weight excluding hydrogens is 333 g/mol. The number of ether oxygens (including phenoxy) is 1. The molecule has 0 saturated carbocycles. The van der Waals surface area contributed by atoms with Gasteiger partial charge in [0.1, 0.15) is 11.6 Å². The number of benzene rings is 1. The third kappa shape index (κ3) is 5.26. The van der Waals surface area contributed by atoms with Crippen LogP contribution in [-0.4, -0.2) is 41.6 Å². The molecule has 0 bridgehead atoms. The van der Waals surface area contributed by atoms with Gasteiger partial charge in [-0.05, 0) is 54.7 Å². The van der Waals surface area contributed by atoms with Crippen molar-refractivity contribution in [1.82, 2.24) is 9.88 Å². The molecule has 5 nitrogen and oxygen atoms in total. The summed E-state index contributed by atoms with van der Waals surface area (Å²) in [5.74, 6) is 0.343. The lowest BCUT2D eigenvalue weighted by Gasteiger charge is -2.33. The fourth-order valence-electron chi connectivity index (χ4n) is 3.20. The highest BCUT2D eigenvalue weighted by molar-refractivity contribution is 5.76. The van der Waals surface area contributed by atoms with Crippen LogP contribution in [0.5, 0.6) is 0 Å². The highest BCUT2D eigenvalue weighted by Gasteiger charge is 2.23. The van der Waals surface area contributed by atoms with E-state index in [9.17, 15) is 9.18 Å². The van der Waals surface area contributed by atoms with Crippen molar-refractivity contribution in [2.75, 3.05) is 25.4 Å². The number of anilines is 1. The molecule has 3 rings (SSSR count). The van der Waals surface area contributed by atoms with Crippen molar-refractivity contribution in [3.8, 4) is 0 Å². The van der Waals surface area contributed by atoms with Gasteiger partial charge in [0.2, 0.25) is 5.91 Å². The van der Waals surface area contributed by atoms with Crippen molar-refractivity contribution in [2.45, 2.75) is 31.8 Å². The van der Waals surface area contributed by atoms with Crippen molar-refractivity contribution in [2.24, 2.45) is 0 Å². The number of halogens is 1. The number of carbonyl (C=O) groups excluding carboxylic acids is 1. The maximum atomic E-state index is 13.2. The van der Waals surface area contributed by atoms with Crippen LogP contribution in [0.25, 0.3) is 0 Å². The quantitative estimate of drug-likeness (QED) is 0.863. The van der Waals surface area contributed by atoms with E-state index in [-0.39, 0.29) is 17.8 Å². The number of aryl methyl sites for hydroxylation is 2. The molecule has 1 atom stereocenters. The number of rotatable bonds is 6. The SMILES string of the molecule is Nc1cc(CCC2CN(C(=O)CCc3cccc(F)c3)CCO2)ccn1. The smallest absolute Gasteiger partial charge is 0.223 e. The molecule has 138 valence electrons. The predicted molar refractivity (Wildman–Crippen MR) is 98.0 cm³/mol. The maximum absolute atomic E-state index is 13.2. The van der Waals surface area contributed by atoms with Crippen LogP contribution >= 0.6 is 0 Å². The normalized spacial score (nSPS) is 17.3. The lowest BCUT2D eigenvalue weighted by molar-refractivity contribution is -0.138. The number of nitrogens with two attached hydrogens (primary N) is 1. The van der Waals surface area contributed by atoms with E-state index in [0.717, 1.165) is 24.0 Å². The monoisotopic (exact) mass is 357 g/mol. The van der Waals surface area contributed by atoms with E-state index in [4.69, 9.17) is 10.5 Å². The summed E-state index contributed by atoms with van der Waals surface area (Å²) in [6.07, 6.45) is 4.33. The largest absolute Gasteiger partial charge is 0.384 e. The van der Waals surface area contributed by atoms with Crippen LogP contribution in [0, 0.1) is 5.82 Å². The molecule has 26 heavy (non-hydrogen) atoms. The lowest BCUT2D eigenvalue weighted by atomic mass is 10.1. The van der Waals surface area contributed by atoms with Crippen LogP contribution in [0.3, 0.4) is 0 Å².